The number of hydrogen-bond acceptors (Lipinski definition) is 4. The van der Waals surface area contributed by atoms with Gasteiger partial charge in [-0.1, -0.05) is 19.9 Å². The zero-order valence-corrected chi connectivity index (χ0v) is 12.1. The minimum atomic E-state index is -1.28. The van der Waals surface area contributed by atoms with E-state index < -0.39 is 11.8 Å². The van der Waals surface area contributed by atoms with Crippen molar-refractivity contribution in [2.75, 3.05) is 0 Å². The lowest BCUT2D eigenvalue weighted by Gasteiger charge is -2.06. The molecular weight excluding hydrogens is 287 g/mol. The van der Waals surface area contributed by atoms with E-state index in [2.05, 4.69) is 10.2 Å². The Morgan fingerprint density at radius 3 is 2.50 bits per heavy atom. The van der Waals surface area contributed by atoms with Crippen molar-refractivity contribution in [1.82, 2.24) is 0 Å². The van der Waals surface area contributed by atoms with E-state index in [0.29, 0.717) is 0 Å². The Bertz CT molecular complexity index is 742. The molecule has 114 valence electrons. The molecule has 0 aliphatic rings. The number of rotatable bonds is 4. The van der Waals surface area contributed by atoms with Crippen LogP contribution in [0, 0.1) is 5.82 Å². The number of carboxylic acid groups (broad SMARTS) is 1. The summed E-state index contributed by atoms with van der Waals surface area (Å²) in [4.78, 5) is 10.9. The smallest absolute Gasteiger partial charge is 0.339 e. The number of carboxylic acids is 1. The van der Waals surface area contributed by atoms with Gasteiger partial charge in [-0.15, -0.1) is 5.11 Å². The summed E-state index contributed by atoms with van der Waals surface area (Å²) in [5, 5.41) is 26.0. The Morgan fingerprint density at radius 2 is 1.86 bits per heavy atom. The summed E-state index contributed by atoms with van der Waals surface area (Å²) in [6.07, 6.45) is 0. The Morgan fingerprint density at radius 1 is 1.14 bits per heavy atom. The molecule has 2 aromatic rings. The van der Waals surface area contributed by atoms with Gasteiger partial charge in [0.15, 0.2) is 5.82 Å². The highest BCUT2D eigenvalue weighted by Crippen LogP contribution is 2.28. The van der Waals surface area contributed by atoms with Gasteiger partial charge >= 0.3 is 5.97 Å². The zero-order valence-electron chi connectivity index (χ0n) is 12.1. The highest BCUT2D eigenvalue weighted by Gasteiger charge is 2.10. The fourth-order valence-corrected chi connectivity index (χ4v) is 1.83. The number of azo groups is 1. The van der Waals surface area contributed by atoms with E-state index in [1.807, 2.05) is 13.8 Å². The van der Waals surface area contributed by atoms with Gasteiger partial charge in [-0.25, -0.2) is 9.18 Å². The quantitative estimate of drug-likeness (QED) is 0.798. The van der Waals surface area contributed by atoms with E-state index in [1.54, 1.807) is 12.1 Å². The molecule has 2 N–H and O–H groups in total. The van der Waals surface area contributed by atoms with Crippen LogP contribution >= 0.6 is 0 Å². The van der Waals surface area contributed by atoms with Crippen LogP contribution in [0.3, 0.4) is 0 Å². The highest BCUT2D eigenvalue weighted by molar-refractivity contribution is 5.91. The molecule has 0 amide bonds. The highest BCUT2D eigenvalue weighted by atomic mass is 19.1. The second kappa shape index (κ2) is 6.34. The molecule has 0 aliphatic carbocycles. The number of phenols is 1. The molecule has 6 heteroatoms. The summed E-state index contributed by atoms with van der Waals surface area (Å²) >= 11 is 0. The fraction of sp³-hybridized carbons (Fsp3) is 0.188. The first-order chi connectivity index (χ1) is 10.4. The molecule has 0 aromatic heterocycles. The van der Waals surface area contributed by atoms with Gasteiger partial charge in [-0.2, -0.15) is 5.11 Å². The van der Waals surface area contributed by atoms with Crippen molar-refractivity contribution >= 4 is 17.3 Å². The Kier molecular flexibility index (Phi) is 4.50. The van der Waals surface area contributed by atoms with Gasteiger partial charge in [0.05, 0.1) is 5.69 Å². The van der Waals surface area contributed by atoms with Crippen molar-refractivity contribution in [3.63, 3.8) is 0 Å². The minimum absolute atomic E-state index is 0.0798. The lowest BCUT2D eigenvalue weighted by atomic mass is 10.0. The van der Waals surface area contributed by atoms with Crippen LogP contribution in [0.2, 0.25) is 0 Å². The van der Waals surface area contributed by atoms with E-state index in [-0.39, 0.29) is 28.6 Å². The molecular formula is C16H15FN2O3. The number of nitrogens with zero attached hydrogens (tertiary/aromatic N) is 2. The summed E-state index contributed by atoms with van der Waals surface area (Å²) in [6.45, 7) is 3.96. The molecule has 0 radical (unpaired) electrons. The van der Waals surface area contributed by atoms with Crippen LogP contribution < -0.4 is 0 Å². The third-order valence-corrected chi connectivity index (χ3v) is 3.12. The monoisotopic (exact) mass is 302 g/mol. The Balaban J connectivity index is 2.34. The summed E-state index contributed by atoms with van der Waals surface area (Å²) < 4.78 is 13.7. The molecule has 0 saturated carbocycles. The first-order valence-corrected chi connectivity index (χ1v) is 6.66. The van der Waals surface area contributed by atoms with Gasteiger partial charge in [-0.05, 0) is 41.8 Å². The summed E-state index contributed by atoms with van der Waals surface area (Å²) in [6, 6.07) is 8.38. The van der Waals surface area contributed by atoms with Crippen LogP contribution in [0.15, 0.2) is 46.6 Å². The van der Waals surface area contributed by atoms with Crippen LogP contribution in [0.1, 0.15) is 35.7 Å². The normalized spacial score (nSPS) is 11.3. The van der Waals surface area contributed by atoms with Crippen molar-refractivity contribution in [2.45, 2.75) is 19.8 Å². The number of carbonyl (C=O) groups is 1. The molecule has 22 heavy (non-hydrogen) atoms. The molecule has 0 fully saturated rings. The molecule has 0 unspecified atom stereocenters. The third kappa shape index (κ3) is 3.46. The Hall–Kier alpha value is -2.76. The number of aromatic carboxylic acids is 1. The first-order valence-electron chi connectivity index (χ1n) is 6.66. The van der Waals surface area contributed by atoms with Crippen LogP contribution in [-0.4, -0.2) is 16.2 Å². The van der Waals surface area contributed by atoms with Crippen LogP contribution in [0.25, 0.3) is 0 Å². The van der Waals surface area contributed by atoms with Crippen LogP contribution in [-0.2, 0) is 0 Å². The molecule has 2 rings (SSSR count). The molecule has 0 heterocycles. The van der Waals surface area contributed by atoms with Crippen molar-refractivity contribution in [3.05, 3.63) is 53.3 Å². The van der Waals surface area contributed by atoms with Crippen molar-refractivity contribution in [3.8, 4) is 5.75 Å². The predicted octanol–water partition coefficient (Wildman–Crippen LogP) is 4.77. The summed E-state index contributed by atoms with van der Waals surface area (Å²) in [5.41, 5.74) is 0.931. The van der Waals surface area contributed by atoms with E-state index in [1.165, 1.54) is 24.3 Å². The molecule has 0 saturated heterocycles. The number of hydrogen-bond donors (Lipinski definition) is 2. The molecule has 2 aromatic carbocycles. The van der Waals surface area contributed by atoms with Crippen molar-refractivity contribution in [2.24, 2.45) is 10.2 Å². The van der Waals surface area contributed by atoms with E-state index in [9.17, 15) is 14.3 Å². The summed E-state index contributed by atoms with van der Waals surface area (Å²) in [7, 11) is 0. The second-order valence-electron chi connectivity index (χ2n) is 5.07. The number of halogens is 1. The fourth-order valence-electron chi connectivity index (χ4n) is 1.83. The number of benzene rings is 2. The van der Waals surface area contributed by atoms with Gasteiger partial charge in [-0.3, -0.25) is 0 Å². The Labute approximate surface area is 126 Å². The maximum atomic E-state index is 13.7. The molecule has 0 aliphatic heterocycles. The van der Waals surface area contributed by atoms with Gasteiger partial charge < -0.3 is 10.2 Å². The minimum Gasteiger partial charge on any atom is -0.507 e. The molecule has 0 bridgehead atoms. The van der Waals surface area contributed by atoms with Gasteiger partial charge in [0, 0.05) is 0 Å². The third-order valence-electron chi connectivity index (χ3n) is 3.12. The maximum Gasteiger partial charge on any atom is 0.339 e. The first kappa shape index (κ1) is 15.6. The van der Waals surface area contributed by atoms with Gasteiger partial charge in [0.25, 0.3) is 0 Å². The maximum absolute atomic E-state index is 13.7. The molecule has 0 spiro atoms. The largest absolute Gasteiger partial charge is 0.507 e. The van der Waals surface area contributed by atoms with Gasteiger partial charge in [0.2, 0.25) is 0 Å². The average molecular weight is 302 g/mol. The summed E-state index contributed by atoms with van der Waals surface area (Å²) in [5.74, 6) is -1.92. The molecule has 0 atom stereocenters. The van der Waals surface area contributed by atoms with Gasteiger partial charge in [0.1, 0.15) is 17.0 Å². The van der Waals surface area contributed by atoms with E-state index in [0.717, 1.165) is 5.56 Å². The second-order valence-corrected chi connectivity index (χ2v) is 5.07. The van der Waals surface area contributed by atoms with Crippen LogP contribution in [0.4, 0.5) is 15.8 Å². The van der Waals surface area contributed by atoms with E-state index in [4.69, 9.17) is 5.11 Å². The van der Waals surface area contributed by atoms with Crippen molar-refractivity contribution < 1.29 is 19.4 Å². The van der Waals surface area contributed by atoms with Crippen LogP contribution in [0.5, 0.6) is 5.75 Å². The lowest BCUT2D eigenvalue weighted by Crippen LogP contribution is -1.95. The predicted molar refractivity (Wildman–Crippen MR) is 79.7 cm³/mol. The topological polar surface area (TPSA) is 82.2 Å². The zero-order chi connectivity index (χ0) is 16.3. The number of aromatic hydroxyl groups is 1. The van der Waals surface area contributed by atoms with E-state index >= 15 is 0 Å². The lowest BCUT2D eigenvalue weighted by molar-refractivity contribution is 0.0694. The van der Waals surface area contributed by atoms with Crippen molar-refractivity contribution in [1.29, 1.82) is 0 Å². The molecule has 5 nitrogen and oxygen atoms in total. The SMILES string of the molecule is CC(C)c1ccc(F)c(/N=N\c2ccc(O)c(C(=O)O)c2)c1. The standard InChI is InChI=1S/C16H15FN2O3/c1-9(2)10-3-5-13(17)14(7-10)19-18-11-4-6-15(20)12(8-11)16(21)22/h3-9,20H,1-2H3,(H,21,22)/b19-18-. The average Bonchev–Trinajstić information content (AvgIpc) is 2.47.